The molecule has 1 aromatic heterocycles. The Balaban J connectivity index is 2.09. The molecule has 1 aliphatic rings. The van der Waals surface area contributed by atoms with Crippen LogP contribution in [0.2, 0.25) is 0 Å². The minimum atomic E-state index is -0.313. The van der Waals surface area contributed by atoms with Crippen LogP contribution in [0, 0.1) is 18.3 Å². The van der Waals surface area contributed by atoms with Gasteiger partial charge in [-0.15, -0.1) is 0 Å². The van der Waals surface area contributed by atoms with Crippen molar-refractivity contribution in [1.29, 1.82) is 5.26 Å². The van der Waals surface area contributed by atoms with Gasteiger partial charge in [0.1, 0.15) is 21.8 Å². The zero-order chi connectivity index (χ0) is 23.3. The lowest BCUT2D eigenvalue weighted by Crippen LogP contribution is -2.29. The van der Waals surface area contributed by atoms with Crippen molar-refractivity contribution < 1.29 is 4.79 Å². The van der Waals surface area contributed by atoms with Crippen LogP contribution in [0.1, 0.15) is 42.5 Å². The average molecular weight is 467 g/mol. The molecule has 1 amide bonds. The Kier molecular flexibility index (Phi) is 7.89. The van der Waals surface area contributed by atoms with Crippen molar-refractivity contribution >= 4 is 46.1 Å². The molecule has 2 heterocycles. The number of thioether (sulfide) groups is 1. The highest BCUT2D eigenvalue weighted by Gasteiger charge is 2.31. The number of carbonyl (C=O) groups excluding carboxylic acids is 1. The third-order valence-electron chi connectivity index (χ3n) is 5.34. The summed E-state index contributed by atoms with van der Waals surface area (Å²) < 4.78 is 2.13. The summed E-state index contributed by atoms with van der Waals surface area (Å²) in [4.78, 5) is 27.9. The second-order valence-corrected chi connectivity index (χ2v) is 9.09. The maximum absolute atomic E-state index is 13.0. The number of aromatic nitrogens is 1. The van der Waals surface area contributed by atoms with Crippen molar-refractivity contribution in [2.24, 2.45) is 0 Å². The van der Waals surface area contributed by atoms with E-state index >= 15 is 0 Å². The van der Waals surface area contributed by atoms with Crippen molar-refractivity contribution in [3.63, 3.8) is 0 Å². The molecule has 0 bridgehead atoms. The molecular weight excluding hydrogens is 440 g/mol. The SMILES string of the molecule is CCCn1c(NCCc2ccccc2)c(/C=C2/SC(=S)N(CC)C2=O)c(C)c(C#N)c1=O. The molecule has 1 aromatic carbocycles. The van der Waals surface area contributed by atoms with E-state index in [0.717, 1.165) is 12.8 Å². The minimum Gasteiger partial charge on any atom is -0.371 e. The molecule has 0 radical (unpaired) electrons. The summed E-state index contributed by atoms with van der Waals surface area (Å²) in [6.07, 6.45) is 3.28. The Morgan fingerprint density at radius 1 is 1.22 bits per heavy atom. The molecule has 2 aromatic rings. The third-order valence-corrected chi connectivity index (χ3v) is 6.71. The molecule has 166 valence electrons. The zero-order valence-electron chi connectivity index (χ0n) is 18.5. The van der Waals surface area contributed by atoms with Crippen molar-refractivity contribution in [3.8, 4) is 6.07 Å². The van der Waals surface area contributed by atoms with Crippen LogP contribution in [-0.2, 0) is 17.8 Å². The number of nitriles is 1. The number of pyridine rings is 1. The van der Waals surface area contributed by atoms with Gasteiger partial charge in [0.25, 0.3) is 11.5 Å². The van der Waals surface area contributed by atoms with Crippen LogP contribution >= 0.6 is 24.0 Å². The van der Waals surface area contributed by atoms with Gasteiger partial charge in [0, 0.05) is 25.2 Å². The van der Waals surface area contributed by atoms with Crippen LogP contribution in [0.5, 0.6) is 0 Å². The largest absolute Gasteiger partial charge is 0.371 e. The predicted octanol–water partition coefficient (Wildman–Crippen LogP) is 4.31. The summed E-state index contributed by atoms with van der Waals surface area (Å²) in [5, 5.41) is 13.1. The van der Waals surface area contributed by atoms with E-state index in [9.17, 15) is 14.9 Å². The molecule has 3 rings (SSSR count). The molecule has 0 unspecified atom stereocenters. The lowest BCUT2D eigenvalue weighted by molar-refractivity contribution is -0.121. The van der Waals surface area contributed by atoms with Gasteiger partial charge < -0.3 is 5.32 Å². The van der Waals surface area contributed by atoms with Gasteiger partial charge in [-0.2, -0.15) is 5.26 Å². The summed E-state index contributed by atoms with van der Waals surface area (Å²) in [5.74, 6) is 0.481. The second-order valence-electron chi connectivity index (χ2n) is 7.42. The molecule has 1 aliphatic heterocycles. The van der Waals surface area contributed by atoms with Crippen LogP contribution in [0.25, 0.3) is 6.08 Å². The monoisotopic (exact) mass is 466 g/mol. The molecule has 1 N–H and O–H groups in total. The maximum atomic E-state index is 13.0. The first-order chi connectivity index (χ1) is 15.4. The van der Waals surface area contributed by atoms with E-state index in [2.05, 4.69) is 23.5 Å². The summed E-state index contributed by atoms with van der Waals surface area (Å²) in [6, 6.07) is 12.1. The molecule has 1 fully saturated rings. The predicted molar refractivity (Wildman–Crippen MR) is 135 cm³/mol. The Morgan fingerprint density at radius 2 is 1.94 bits per heavy atom. The Bertz CT molecular complexity index is 1160. The first kappa shape index (κ1) is 23.8. The van der Waals surface area contributed by atoms with E-state index in [-0.39, 0.29) is 17.0 Å². The fourth-order valence-electron chi connectivity index (χ4n) is 3.66. The molecular formula is C24H26N4O2S2. The first-order valence-corrected chi connectivity index (χ1v) is 11.9. The lowest BCUT2D eigenvalue weighted by Gasteiger charge is -2.20. The number of anilines is 1. The Labute approximate surface area is 197 Å². The van der Waals surface area contributed by atoms with Crippen molar-refractivity contribution in [2.75, 3.05) is 18.4 Å². The molecule has 0 aliphatic carbocycles. The Morgan fingerprint density at radius 3 is 2.53 bits per heavy atom. The summed E-state index contributed by atoms with van der Waals surface area (Å²) in [7, 11) is 0. The summed E-state index contributed by atoms with van der Waals surface area (Å²) in [5.41, 5.74) is 2.21. The zero-order valence-corrected chi connectivity index (χ0v) is 20.1. The van der Waals surface area contributed by atoms with Gasteiger partial charge >= 0.3 is 0 Å². The van der Waals surface area contributed by atoms with Crippen LogP contribution in [-0.4, -0.2) is 32.8 Å². The summed E-state index contributed by atoms with van der Waals surface area (Å²) >= 11 is 6.59. The molecule has 0 atom stereocenters. The standard InChI is InChI=1S/C24H26N4O2S2/c1-4-13-28-21(26-12-11-17-9-7-6-8-10-17)18(16(3)19(15-25)22(28)29)14-20-23(30)27(5-2)24(31)32-20/h6-10,14,26H,4-5,11-13H2,1-3H3/b20-14+. The normalized spacial score (nSPS) is 14.8. The van der Waals surface area contributed by atoms with Crippen LogP contribution in [0.3, 0.4) is 0 Å². The lowest BCUT2D eigenvalue weighted by atomic mass is 10.0. The number of rotatable bonds is 8. The molecule has 0 spiro atoms. The van der Waals surface area contributed by atoms with E-state index in [4.69, 9.17) is 12.2 Å². The van der Waals surface area contributed by atoms with E-state index in [1.54, 1.807) is 22.5 Å². The van der Waals surface area contributed by atoms with E-state index < -0.39 is 0 Å². The fourth-order valence-corrected chi connectivity index (χ4v) is 5.03. The molecule has 6 nitrogen and oxygen atoms in total. The van der Waals surface area contributed by atoms with E-state index in [1.165, 1.54) is 17.3 Å². The maximum Gasteiger partial charge on any atom is 0.270 e. The highest BCUT2D eigenvalue weighted by atomic mass is 32.2. The van der Waals surface area contributed by atoms with Crippen LogP contribution in [0.15, 0.2) is 40.0 Å². The van der Waals surface area contributed by atoms with Gasteiger partial charge in [-0.25, -0.2) is 0 Å². The number of likely N-dealkylation sites (N-methyl/N-ethyl adjacent to an activating group) is 1. The van der Waals surface area contributed by atoms with Gasteiger partial charge in [-0.3, -0.25) is 19.1 Å². The van der Waals surface area contributed by atoms with Gasteiger partial charge in [0.05, 0.1) is 4.91 Å². The molecule has 0 saturated carbocycles. The quantitative estimate of drug-likeness (QED) is 0.461. The number of benzene rings is 1. The van der Waals surface area contributed by atoms with Gasteiger partial charge in [0.15, 0.2) is 0 Å². The Hall–Kier alpha value is -2.89. The summed E-state index contributed by atoms with van der Waals surface area (Å²) in [6.45, 7) is 7.20. The number of nitrogens with zero attached hydrogens (tertiary/aromatic N) is 3. The number of carbonyl (C=O) groups is 1. The highest BCUT2D eigenvalue weighted by Crippen LogP contribution is 2.34. The van der Waals surface area contributed by atoms with Gasteiger partial charge in [-0.1, -0.05) is 61.2 Å². The average Bonchev–Trinajstić information content (AvgIpc) is 3.06. The van der Waals surface area contributed by atoms with Gasteiger partial charge in [-0.05, 0) is 43.9 Å². The third kappa shape index (κ3) is 4.79. The van der Waals surface area contributed by atoms with Gasteiger partial charge in [0.2, 0.25) is 0 Å². The number of nitrogens with one attached hydrogen (secondary N) is 1. The van der Waals surface area contributed by atoms with E-state index in [0.29, 0.717) is 45.8 Å². The first-order valence-electron chi connectivity index (χ1n) is 10.6. The van der Waals surface area contributed by atoms with Crippen LogP contribution in [0.4, 0.5) is 5.82 Å². The van der Waals surface area contributed by atoms with Crippen LogP contribution < -0.4 is 10.9 Å². The van der Waals surface area contributed by atoms with Crippen molar-refractivity contribution in [1.82, 2.24) is 9.47 Å². The second kappa shape index (κ2) is 10.6. The number of thiocarbonyl (C=S) groups is 1. The smallest absolute Gasteiger partial charge is 0.270 e. The number of amides is 1. The molecule has 32 heavy (non-hydrogen) atoms. The number of hydrogen-bond acceptors (Lipinski definition) is 6. The number of hydrogen-bond donors (Lipinski definition) is 1. The molecule has 8 heteroatoms. The topological polar surface area (TPSA) is 78.1 Å². The fraction of sp³-hybridized carbons (Fsp3) is 0.333. The minimum absolute atomic E-state index is 0.101. The highest BCUT2D eigenvalue weighted by molar-refractivity contribution is 8.26. The molecule has 1 saturated heterocycles. The van der Waals surface area contributed by atoms with E-state index in [1.807, 2.05) is 32.0 Å². The van der Waals surface area contributed by atoms with Crippen molar-refractivity contribution in [2.45, 2.75) is 40.2 Å². The van der Waals surface area contributed by atoms with Crippen molar-refractivity contribution in [3.05, 3.63) is 67.8 Å².